The van der Waals surface area contributed by atoms with Gasteiger partial charge in [-0.2, -0.15) is 0 Å². The first-order valence-electron chi connectivity index (χ1n) is 5.31. The highest BCUT2D eigenvalue weighted by molar-refractivity contribution is 14.1. The van der Waals surface area contributed by atoms with Crippen molar-refractivity contribution in [3.05, 3.63) is 39.2 Å². The summed E-state index contributed by atoms with van der Waals surface area (Å²) in [4.78, 5) is 13.3. The van der Waals surface area contributed by atoms with Crippen LogP contribution in [0.1, 0.15) is 11.4 Å². The van der Waals surface area contributed by atoms with Crippen LogP contribution in [0.15, 0.2) is 24.3 Å². The molecule has 0 aliphatic rings. The molecule has 0 fully saturated rings. The van der Waals surface area contributed by atoms with Crippen molar-refractivity contribution in [2.24, 2.45) is 0 Å². The van der Waals surface area contributed by atoms with Gasteiger partial charge in [-0.3, -0.25) is 0 Å². The molecule has 0 spiro atoms. The molecule has 1 heterocycles. The van der Waals surface area contributed by atoms with Gasteiger partial charge in [0.2, 0.25) is 0 Å². The number of benzene rings is 1. The third kappa shape index (κ3) is 2.84. The Labute approximate surface area is 118 Å². The average Bonchev–Trinajstić information content (AvgIpc) is 2.79. The average molecular weight is 357 g/mol. The minimum atomic E-state index is -0.250. The van der Waals surface area contributed by atoms with Crippen molar-refractivity contribution in [2.45, 2.75) is 6.42 Å². The number of carbonyl (C=O) groups excluding carboxylic acids is 1. The van der Waals surface area contributed by atoms with Crippen LogP contribution in [0.5, 0.6) is 0 Å². The number of tetrazole rings is 1. The summed E-state index contributed by atoms with van der Waals surface area (Å²) in [5.41, 5.74) is 1.07. The lowest BCUT2D eigenvalue weighted by Gasteiger charge is -2.10. The zero-order chi connectivity index (χ0) is 13.1. The Morgan fingerprint density at radius 3 is 2.61 bits per heavy atom. The number of rotatable bonds is 2. The SMILES string of the molecule is CN(C)C(=O)n1nnnc1Cc1ccc(I)cc1. The predicted molar refractivity (Wildman–Crippen MR) is 74.3 cm³/mol. The zero-order valence-corrected chi connectivity index (χ0v) is 12.2. The van der Waals surface area contributed by atoms with E-state index in [0.29, 0.717) is 12.2 Å². The number of nitrogens with zero attached hydrogens (tertiary/aromatic N) is 5. The van der Waals surface area contributed by atoms with Gasteiger partial charge in [-0.1, -0.05) is 12.1 Å². The van der Waals surface area contributed by atoms with Crippen LogP contribution in [0.4, 0.5) is 4.79 Å². The summed E-state index contributed by atoms with van der Waals surface area (Å²) in [5.74, 6) is 0.537. The van der Waals surface area contributed by atoms with E-state index >= 15 is 0 Å². The van der Waals surface area contributed by atoms with Crippen LogP contribution in [0.25, 0.3) is 0 Å². The van der Waals surface area contributed by atoms with Gasteiger partial charge in [0.25, 0.3) is 0 Å². The fourth-order valence-electron chi connectivity index (χ4n) is 1.44. The third-order valence-electron chi connectivity index (χ3n) is 2.37. The highest BCUT2D eigenvalue weighted by Crippen LogP contribution is 2.10. The Morgan fingerprint density at radius 2 is 2.00 bits per heavy atom. The summed E-state index contributed by atoms with van der Waals surface area (Å²) in [6, 6.07) is 7.78. The molecule has 0 saturated carbocycles. The molecule has 94 valence electrons. The molecular weight excluding hydrogens is 345 g/mol. The molecule has 0 atom stereocenters. The molecule has 0 saturated heterocycles. The van der Waals surface area contributed by atoms with Gasteiger partial charge >= 0.3 is 6.03 Å². The Hall–Kier alpha value is -1.51. The van der Waals surface area contributed by atoms with E-state index in [1.54, 1.807) is 14.1 Å². The molecule has 6 nitrogen and oxygen atoms in total. The first-order chi connectivity index (χ1) is 8.58. The maximum atomic E-state index is 11.8. The van der Waals surface area contributed by atoms with Crippen molar-refractivity contribution in [1.82, 2.24) is 25.1 Å². The molecule has 0 aliphatic carbocycles. The molecule has 0 N–H and O–H groups in total. The van der Waals surface area contributed by atoms with Crippen molar-refractivity contribution in [1.29, 1.82) is 0 Å². The molecule has 1 aromatic heterocycles. The molecule has 0 bridgehead atoms. The summed E-state index contributed by atoms with van der Waals surface area (Å²) in [6.45, 7) is 0. The number of aromatic nitrogens is 4. The summed E-state index contributed by atoms with van der Waals surface area (Å²) in [5, 5.41) is 11.2. The van der Waals surface area contributed by atoms with E-state index in [0.717, 1.165) is 5.56 Å². The van der Waals surface area contributed by atoms with Crippen LogP contribution < -0.4 is 0 Å². The van der Waals surface area contributed by atoms with Crippen LogP contribution >= 0.6 is 22.6 Å². The van der Waals surface area contributed by atoms with Crippen LogP contribution in [0, 0.1) is 3.57 Å². The lowest BCUT2D eigenvalue weighted by molar-refractivity contribution is 0.214. The fourth-order valence-corrected chi connectivity index (χ4v) is 1.80. The highest BCUT2D eigenvalue weighted by atomic mass is 127. The smallest absolute Gasteiger partial charge is 0.329 e. The Bertz CT molecular complexity index is 549. The van der Waals surface area contributed by atoms with Gasteiger partial charge in [-0.05, 0) is 50.7 Å². The first kappa shape index (κ1) is 12.9. The van der Waals surface area contributed by atoms with Crippen molar-refractivity contribution >= 4 is 28.6 Å². The van der Waals surface area contributed by atoms with Gasteiger partial charge in [-0.25, -0.2) is 4.79 Å². The third-order valence-corrected chi connectivity index (χ3v) is 3.09. The van der Waals surface area contributed by atoms with Crippen molar-refractivity contribution in [2.75, 3.05) is 14.1 Å². The molecule has 18 heavy (non-hydrogen) atoms. The monoisotopic (exact) mass is 357 g/mol. The van der Waals surface area contributed by atoms with Gasteiger partial charge in [0.15, 0.2) is 5.82 Å². The molecular formula is C11H12IN5O. The van der Waals surface area contributed by atoms with E-state index in [-0.39, 0.29) is 6.03 Å². The second-order valence-electron chi connectivity index (χ2n) is 3.99. The van der Waals surface area contributed by atoms with E-state index in [4.69, 9.17) is 0 Å². The minimum Gasteiger partial charge on any atom is -0.329 e. The standard InChI is InChI=1S/C11H12IN5O/c1-16(2)11(18)17-10(13-14-15-17)7-8-3-5-9(12)6-4-8/h3-6H,7H2,1-2H3. The van der Waals surface area contributed by atoms with Crippen molar-refractivity contribution < 1.29 is 4.79 Å². The molecule has 0 radical (unpaired) electrons. The Morgan fingerprint density at radius 1 is 1.33 bits per heavy atom. The number of hydrogen-bond acceptors (Lipinski definition) is 4. The Balaban J connectivity index is 2.22. The molecule has 0 unspecified atom stereocenters. The van der Waals surface area contributed by atoms with Crippen molar-refractivity contribution in [3.8, 4) is 0 Å². The van der Waals surface area contributed by atoms with Crippen LogP contribution in [0.3, 0.4) is 0 Å². The fraction of sp³-hybridized carbons (Fsp3) is 0.273. The van der Waals surface area contributed by atoms with E-state index in [1.165, 1.54) is 13.2 Å². The zero-order valence-electron chi connectivity index (χ0n) is 10.0. The van der Waals surface area contributed by atoms with Gasteiger partial charge in [0.05, 0.1) is 0 Å². The molecule has 0 aliphatic heterocycles. The lowest BCUT2D eigenvalue weighted by Crippen LogP contribution is -2.29. The summed E-state index contributed by atoms with van der Waals surface area (Å²) < 4.78 is 2.39. The van der Waals surface area contributed by atoms with E-state index in [1.807, 2.05) is 24.3 Å². The van der Waals surface area contributed by atoms with Gasteiger partial charge in [0.1, 0.15) is 0 Å². The molecule has 7 heteroatoms. The Kier molecular flexibility index (Phi) is 3.90. The minimum absolute atomic E-state index is 0.250. The molecule has 1 aromatic carbocycles. The number of amides is 1. The van der Waals surface area contributed by atoms with Gasteiger partial charge in [0, 0.05) is 24.1 Å². The summed E-state index contributed by atoms with van der Waals surface area (Å²) >= 11 is 2.25. The highest BCUT2D eigenvalue weighted by Gasteiger charge is 2.15. The van der Waals surface area contributed by atoms with E-state index < -0.39 is 0 Å². The van der Waals surface area contributed by atoms with Crippen molar-refractivity contribution in [3.63, 3.8) is 0 Å². The molecule has 2 aromatic rings. The molecule has 1 amide bonds. The second kappa shape index (κ2) is 5.42. The normalized spacial score (nSPS) is 10.4. The van der Waals surface area contributed by atoms with E-state index in [9.17, 15) is 4.79 Å². The second-order valence-corrected chi connectivity index (χ2v) is 5.23. The van der Waals surface area contributed by atoms with E-state index in [2.05, 4.69) is 38.1 Å². The number of halogens is 1. The van der Waals surface area contributed by atoms with Crippen LogP contribution in [-0.4, -0.2) is 45.2 Å². The molecule has 2 rings (SSSR count). The van der Waals surface area contributed by atoms with Crippen LogP contribution in [0.2, 0.25) is 0 Å². The van der Waals surface area contributed by atoms with Gasteiger partial charge in [-0.15, -0.1) is 9.78 Å². The number of hydrogen-bond donors (Lipinski definition) is 0. The quantitative estimate of drug-likeness (QED) is 0.602. The van der Waals surface area contributed by atoms with Gasteiger partial charge < -0.3 is 4.90 Å². The lowest BCUT2D eigenvalue weighted by atomic mass is 10.1. The maximum absolute atomic E-state index is 11.8. The topological polar surface area (TPSA) is 63.9 Å². The van der Waals surface area contributed by atoms with Crippen LogP contribution in [-0.2, 0) is 6.42 Å². The largest absolute Gasteiger partial charge is 0.347 e. The predicted octanol–water partition coefficient (Wildman–Crippen LogP) is 1.40. The number of carbonyl (C=O) groups is 1. The first-order valence-corrected chi connectivity index (χ1v) is 6.39. The summed E-state index contributed by atoms with van der Waals surface area (Å²) in [7, 11) is 3.33. The summed E-state index contributed by atoms with van der Waals surface area (Å²) in [6.07, 6.45) is 0.531. The maximum Gasteiger partial charge on any atom is 0.347 e.